The van der Waals surface area contributed by atoms with Gasteiger partial charge in [0.25, 0.3) is 5.56 Å². The fourth-order valence-corrected chi connectivity index (χ4v) is 6.08. The second-order valence-electron chi connectivity index (χ2n) is 9.00. The quantitative estimate of drug-likeness (QED) is 0.246. The molecule has 0 spiro atoms. The maximum atomic E-state index is 13.9. The number of hydrogen-bond acceptors (Lipinski definition) is 8. The highest BCUT2D eigenvalue weighted by molar-refractivity contribution is 14.1. The van der Waals surface area contributed by atoms with Crippen LogP contribution in [0.2, 0.25) is 0 Å². The van der Waals surface area contributed by atoms with Crippen LogP contribution in [0.3, 0.4) is 0 Å². The van der Waals surface area contributed by atoms with E-state index in [9.17, 15) is 9.59 Å². The zero-order valence-electron chi connectivity index (χ0n) is 22.7. The van der Waals surface area contributed by atoms with Crippen LogP contribution in [-0.4, -0.2) is 37.0 Å². The SMILES string of the molecule is CCOC(=O)C1=C(C)N=c2s/c(=C\c3ccc(OCC)c(I)c3)c(=O)n2[C@@H]1c1ccc(OC(C)C)c(OC)c1. The Labute approximate surface area is 244 Å². The van der Waals surface area contributed by atoms with E-state index in [0.29, 0.717) is 44.3 Å². The first-order valence-corrected chi connectivity index (χ1v) is 14.5. The lowest BCUT2D eigenvalue weighted by Gasteiger charge is -2.25. The monoisotopic (exact) mass is 662 g/mol. The van der Waals surface area contributed by atoms with Crippen molar-refractivity contribution in [2.45, 2.75) is 46.8 Å². The van der Waals surface area contributed by atoms with E-state index >= 15 is 0 Å². The van der Waals surface area contributed by atoms with E-state index in [1.807, 2.05) is 51.1 Å². The Morgan fingerprint density at radius 3 is 2.51 bits per heavy atom. The molecule has 0 bridgehead atoms. The molecule has 1 aliphatic heterocycles. The summed E-state index contributed by atoms with van der Waals surface area (Å²) in [5.74, 6) is 1.36. The van der Waals surface area contributed by atoms with Crippen LogP contribution < -0.4 is 29.1 Å². The molecule has 0 saturated heterocycles. The minimum absolute atomic E-state index is 0.0506. The van der Waals surface area contributed by atoms with Crippen LogP contribution in [0, 0.1) is 3.57 Å². The van der Waals surface area contributed by atoms with Gasteiger partial charge in [0.1, 0.15) is 5.75 Å². The number of fused-ring (bicyclic) bond motifs is 1. The number of allylic oxidation sites excluding steroid dienone is 1. The first-order valence-electron chi connectivity index (χ1n) is 12.6. The molecule has 0 aliphatic carbocycles. The van der Waals surface area contributed by atoms with Crippen molar-refractivity contribution in [3.63, 3.8) is 0 Å². The first-order chi connectivity index (χ1) is 18.7. The summed E-state index contributed by atoms with van der Waals surface area (Å²) in [6.45, 7) is 10.1. The average Bonchev–Trinajstić information content (AvgIpc) is 3.19. The van der Waals surface area contributed by atoms with E-state index in [4.69, 9.17) is 18.9 Å². The van der Waals surface area contributed by atoms with Crippen LogP contribution in [0.15, 0.2) is 57.5 Å². The van der Waals surface area contributed by atoms with Gasteiger partial charge in [-0.25, -0.2) is 9.79 Å². The smallest absolute Gasteiger partial charge is 0.338 e. The van der Waals surface area contributed by atoms with Gasteiger partial charge in [0.2, 0.25) is 0 Å². The molecule has 8 nitrogen and oxygen atoms in total. The van der Waals surface area contributed by atoms with Crippen molar-refractivity contribution >= 4 is 46.0 Å². The zero-order chi connectivity index (χ0) is 28.3. The zero-order valence-corrected chi connectivity index (χ0v) is 25.7. The Hall–Kier alpha value is -3.12. The van der Waals surface area contributed by atoms with Crippen molar-refractivity contribution < 1.29 is 23.7 Å². The third-order valence-corrected chi connectivity index (χ3v) is 7.76. The van der Waals surface area contributed by atoms with E-state index in [1.54, 1.807) is 37.7 Å². The number of aromatic nitrogens is 1. The number of benzene rings is 2. The standard InChI is InChI=1S/C29H31IN2O6S/c1-7-36-21-11-9-18(13-20(21)30)14-24-27(33)32-26(19-10-12-22(38-16(3)4)23(15-19)35-6)25(28(34)37-8-2)17(5)31-29(32)39-24/h9-16,26H,7-8H2,1-6H3/b24-14-/t26-/m1/s1. The minimum atomic E-state index is -0.745. The fourth-order valence-electron chi connectivity index (χ4n) is 4.34. The van der Waals surface area contributed by atoms with Gasteiger partial charge in [0.05, 0.1) is 51.8 Å². The minimum Gasteiger partial charge on any atom is -0.493 e. The van der Waals surface area contributed by atoms with Crippen molar-refractivity contribution in [3.05, 3.63) is 82.1 Å². The highest BCUT2D eigenvalue weighted by Gasteiger charge is 2.34. The van der Waals surface area contributed by atoms with Crippen LogP contribution in [0.25, 0.3) is 6.08 Å². The summed E-state index contributed by atoms with van der Waals surface area (Å²) in [6, 6.07) is 10.5. The molecular formula is C29H31IN2O6S. The Bertz CT molecular complexity index is 1600. The maximum absolute atomic E-state index is 13.9. The second kappa shape index (κ2) is 12.4. The highest BCUT2D eigenvalue weighted by atomic mass is 127. The van der Waals surface area contributed by atoms with Gasteiger partial charge in [0.15, 0.2) is 16.3 Å². The van der Waals surface area contributed by atoms with Crippen molar-refractivity contribution in [3.8, 4) is 17.2 Å². The number of halogens is 1. The summed E-state index contributed by atoms with van der Waals surface area (Å²) in [5, 5.41) is 0. The average molecular weight is 663 g/mol. The van der Waals surface area contributed by atoms with Gasteiger partial charge in [-0.3, -0.25) is 9.36 Å². The Balaban J connectivity index is 1.91. The molecule has 0 radical (unpaired) electrons. The molecule has 0 amide bonds. The Morgan fingerprint density at radius 2 is 1.87 bits per heavy atom. The summed E-state index contributed by atoms with van der Waals surface area (Å²) in [4.78, 5) is 32.2. The predicted molar refractivity (Wildman–Crippen MR) is 159 cm³/mol. The number of ether oxygens (including phenoxy) is 4. The molecule has 206 valence electrons. The molecule has 2 aromatic carbocycles. The lowest BCUT2D eigenvalue weighted by molar-refractivity contribution is -0.139. The summed E-state index contributed by atoms with van der Waals surface area (Å²) in [6.07, 6.45) is 1.78. The highest BCUT2D eigenvalue weighted by Crippen LogP contribution is 2.36. The maximum Gasteiger partial charge on any atom is 0.338 e. The van der Waals surface area contributed by atoms with Crippen molar-refractivity contribution in [1.82, 2.24) is 4.57 Å². The van der Waals surface area contributed by atoms with Crippen molar-refractivity contribution in [2.75, 3.05) is 20.3 Å². The first kappa shape index (κ1) is 28.9. The van der Waals surface area contributed by atoms with Crippen LogP contribution >= 0.6 is 33.9 Å². The molecular weight excluding hydrogens is 631 g/mol. The third-order valence-electron chi connectivity index (χ3n) is 5.94. The second-order valence-corrected chi connectivity index (χ2v) is 11.2. The molecule has 1 aromatic heterocycles. The van der Waals surface area contributed by atoms with E-state index < -0.39 is 12.0 Å². The largest absolute Gasteiger partial charge is 0.493 e. The number of carbonyl (C=O) groups excluding carboxylic acids is 1. The number of thiazole rings is 1. The van der Waals surface area contributed by atoms with Gasteiger partial charge in [0, 0.05) is 0 Å². The number of nitrogens with zero attached hydrogens (tertiary/aromatic N) is 2. The summed E-state index contributed by atoms with van der Waals surface area (Å²) in [7, 11) is 1.56. The third kappa shape index (κ3) is 6.06. The molecule has 3 aromatic rings. The normalized spacial score (nSPS) is 15.2. The van der Waals surface area contributed by atoms with Crippen LogP contribution in [0.4, 0.5) is 0 Å². The Kier molecular flexibility index (Phi) is 9.16. The van der Waals surface area contributed by atoms with Gasteiger partial charge >= 0.3 is 5.97 Å². The number of rotatable bonds is 9. The molecule has 10 heteroatoms. The van der Waals surface area contributed by atoms with Gasteiger partial charge in [-0.2, -0.15) is 0 Å². The number of carbonyl (C=O) groups is 1. The van der Waals surface area contributed by atoms with Gasteiger partial charge in [-0.05, 0) is 98.7 Å². The van der Waals surface area contributed by atoms with Crippen LogP contribution in [0.5, 0.6) is 17.2 Å². The Morgan fingerprint density at radius 1 is 1.13 bits per heavy atom. The molecule has 1 aliphatic rings. The van der Waals surface area contributed by atoms with E-state index in [-0.39, 0.29) is 18.3 Å². The number of hydrogen-bond donors (Lipinski definition) is 0. The summed E-state index contributed by atoms with van der Waals surface area (Å²) < 4.78 is 25.5. The van der Waals surface area contributed by atoms with E-state index in [2.05, 4.69) is 27.6 Å². The molecule has 1 atom stereocenters. The molecule has 0 saturated carbocycles. The molecule has 0 unspecified atom stereocenters. The number of methoxy groups -OCH3 is 1. The van der Waals surface area contributed by atoms with Gasteiger partial charge in [-0.15, -0.1) is 0 Å². The molecule has 39 heavy (non-hydrogen) atoms. The summed E-state index contributed by atoms with van der Waals surface area (Å²) in [5.41, 5.74) is 2.11. The van der Waals surface area contributed by atoms with Crippen molar-refractivity contribution in [1.29, 1.82) is 0 Å². The topological polar surface area (TPSA) is 88.4 Å². The number of esters is 1. The van der Waals surface area contributed by atoms with E-state index in [1.165, 1.54) is 11.3 Å². The molecule has 0 N–H and O–H groups in total. The van der Waals surface area contributed by atoms with Gasteiger partial charge < -0.3 is 18.9 Å². The van der Waals surface area contributed by atoms with Crippen LogP contribution in [0.1, 0.15) is 51.8 Å². The molecule has 4 rings (SSSR count). The summed E-state index contributed by atoms with van der Waals surface area (Å²) >= 11 is 3.50. The van der Waals surface area contributed by atoms with E-state index in [0.717, 1.165) is 14.9 Å². The van der Waals surface area contributed by atoms with Crippen molar-refractivity contribution in [2.24, 2.45) is 4.99 Å². The van der Waals surface area contributed by atoms with Crippen LogP contribution in [-0.2, 0) is 9.53 Å². The fraction of sp³-hybridized carbons (Fsp3) is 0.345. The lowest BCUT2D eigenvalue weighted by atomic mass is 9.95. The van der Waals surface area contributed by atoms with Gasteiger partial charge in [-0.1, -0.05) is 23.5 Å². The molecule has 0 fully saturated rings. The molecule has 2 heterocycles. The lowest BCUT2D eigenvalue weighted by Crippen LogP contribution is -2.40. The predicted octanol–water partition coefficient (Wildman–Crippen LogP) is 4.60.